The molecule has 0 saturated carbocycles. The van der Waals surface area contributed by atoms with Crippen molar-refractivity contribution in [2.24, 2.45) is 11.7 Å². The molecule has 0 aliphatic carbocycles. The van der Waals surface area contributed by atoms with E-state index in [-0.39, 0.29) is 11.8 Å². The second-order valence-electron chi connectivity index (χ2n) is 5.23. The fraction of sp³-hybridized carbons (Fsp3) is 0.533. The third-order valence-electron chi connectivity index (χ3n) is 3.60. The Morgan fingerprint density at radius 1 is 1.35 bits per heavy atom. The van der Waals surface area contributed by atoms with Crippen molar-refractivity contribution in [3.8, 4) is 5.75 Å². The van der Waals surface area contributed by atoms with Gasteiger partial charge in [-0.2, -0.15) is 0 Å². The summed E-state index contributed by atoms with van der Waals surface area (Å²) in [6, 6.07) is 7.41. The Morgan fingerprint density at radius 3 is 2.60 bits per heavy atom. The quantitative estimate of drug-likeness (QED) is 0.851. The van der Waals surface area contributed by atoms with Crippen molar-refractivity contribution in [2.75, 3.05) is 38.6 Å². The highest BCUT2D eigenvalue weighted by atomic mass is 16.5. The molecule has 1 aliphatic heterocycles. The highest BCUT2D eigenvalue weighted by Gasteiger charge is 2.23. The Bertz CT molecular complexity index is 425. The molecule has 20 heavy (non-hydrogen) atoms. The van der Waals surface area contributed by atoms with E-state index in [9.17, 15) is 4.79 Å². The van der Waals surface area contributed by atoms with E-state index in [0.717, 1.165) is 37.4 Å². The van der Waals surface area contributed by atoms with E-state index in [0.29, 0.717) is 13.2 Å². The fourth-order valence-corrected chi connectivity index (χ4v) is 2.33. The first-order valence-corrected chi connectivity index (χ1v) is 7.11. The van der Waals surface area contributed by atoms with E-state index < -0.39 is 0 Å². The van der Waals surface area contributed by atoms with Crippen LogP contribution in [-0.4, -0.2) is 44.1 Å². The van der Waals surface area contributed by atoms with Gasteiger partial charge in [0.05, 0.1) is 0 Å². The fourth-order valence-electron chi connectivity index (χ4n) is 2.33. The molecule has 1 heterocycles. The summed E-state index contributed by atoms with van der Waals surface area (Å²) >= 11 is 0. The maximum Gasteiger partial charge on any atom is 0.227 e. The smallest absolute Gasteiger partial charge is 0.227 e. The van der Waals surface area contributed by atoms with Gasteiger partial charge < -0.3 is 20.7 Å². The van der Waals surface area contributed by atoms with Gasteiger partial charge in [0.2, 0.25) is 5.91 Å². The molecule has 110 valence electrons. The first-order chi connectivity index (χ1) is 9.69. The van der Waals surface area contributed by atoms with E-state index in [1.54, 1.807) is 0 Å². The Labute approximate surface area is 120 Å². The number of ether oxygens (including phenoxy) is 1. The summed E-state index contributed by atoms with van der Waals surface area (Å²) in [6.07, 6.45) is 1.86. The zero-order chi connectivity index (χ0) is 14.4. The number of anilines is 1. The van der Waals surface area contributed by atoms with Crippen molar-refractivity contribution in [1.82, 2.24) is 4.90 Å². The number of hydrogen-bond donors (Lipinski definition) is 2. The molecule has 0 spiro atoms. The average molecular weight is 277 g/mol. The van der Waals surface area contributed by atoms with Gasteiger partial charge in [-0.05, 0) is 57.2 Å². The van der Waals surface area contributed by atoms with Crippen molar-refractivity contribution in [1.29, 1.82) is 0 Å². The van der Waals surface area contributed by atoms with Crippen molar-refractivity contribution >= 4 is 11.6 Å². The molecule has 1 amide bonds. The second-order valence-corrected chi connectivity index (χ2v) is 5.23. The van der Waals surface area contributed by atoms with E-state index in [1.165, 1.54) is 0 Å². The summed E-state index contributed by atoms with van der Waals surface area (Å²) < 4.78 is 5.40. The minimum Gasteiger partial charge on any atom is -0.492 e. The first kappa shape index (κ1) is 14.8. The Morgan fingerprint density at radius 2 is 2.00 bits per heavy atom. The number of piperidine rings is 1. The second kappa shape index (κ2) is 7.26. The lowest BCUT2D eigenvalue weighted by atomic mass is 9.96. The summed E-state index contributed by atoms with van der Waals surface area (Å²) in [4.78, 5) is 14.4. The zero-order valence-corrected chi connectivity index (χ0v) is 12.0. The number of nitrogens with one attached hydrogen (secondary N) is 1. The van der Waals surface area contributed by atoms with Crippen molar-refractivity contribution in [3.63, 3.8) is 0 Å². The molecular weight excluding hydrogens is 254 g/mol. The number of amides is 1. The molecule has 0 radical (unpaired) electrons. The third-order valence-corrected chi connectivity index (χ3v) is 3.60. The van der Waals surface area contributed by atoms with Gasteiger partial charge in [-0.15, -0.1) is 0 Å². The van der Waals surface area contributed by atoms with Crippen LogP contribution in [0.25, 0.3) is 0 Å². The molecular formula is C15H23N3O2. The summed E-state index contributed by atoms with van der Waals surface area (Å²) in [5.74, 6) is 1.01. The molecule has 1 fully saturated rings. The SMILES string of the molecule is CN1CCC(C(=O)Nc2ccc(OCCN)cc2)CC1. The topological polar surface area (TPSA) is 67.6 Å². The molecule has 0 atom stereocenters. The standard InChI is InChI=1S/C15H23N3O2/c1-18-9-6-12(7-10-18)15(19)17-13-2-4-14(5-3-13)20-11-8-16/h2-5,12H,6-11,16H2,1H3,(H,17,19). The van der Waals surface area contributed by atoms with Crippen LogP contribution >= 0.6 is 0 Å². The highest BCUT2D eigenvalue weighted by molar-refractivity contribution is 5.92. The molecule has 5 nitrogen and oxygen atoms in total. The summed E-state index contributed by atoms with van der Waals surface area (Å²) in [6.45, 7) is 2.98. The predicted molar refractivity (Wildman–Crippen MR) is 79.8 cm³/mol. The van der Waals surface area contributed by atoms with E-state index in [4.69, 9.17) is 10.5 Å². The lowest BCUT2D eigenvalue weighted by Gasteiger charge is -2.28. The zero-order valence-electron chi connectivity index (χ0n) is 12.0. The van der Waals surface area contributed by atoms with E-state index >= 15 is 0 Å². The molecule has 1 aromatic rings. The highest BCUT2D eigenvalue weighted by Crippen LogP contribution is 2.20. The van der Waals surface area contributed by atoms with Gasteiger partial charge in [-0.3, -0.25) is 4.79 Å². The number of hydrogen-bond acceptors (Lipinski definition) is 4. The molecule has 3 N–H and O–H groups in total. The number of carbonyl (C=O) groups excluding carboxylic acids is 1. The van der Waals surface area contributed by atoms with Crippen LogP contribution in [0.1, 0.15) is 12.8 Å². The van der Waals surface area contributed by atoms with Gasteiger partial charge in [-0.1, -0.05) is 0 Å². The number of nitrogens with zero attached hydrogens (tertiary/aromatic N) is 1. The Kier molecular flexibility index (Phi) is 5.38. The van der Waals surface area contributed by atoms with Gasteiger partial charge in [0, 0.05) is 18.2 Å². The summed E-state index contributed by atoms with van der Waals surface area (Å²) in [7, 11) is 2.09. The summed E-state index contributed by atoms with van der Waals surface area (Å²) in [5.41, 5.74) is 6.19. The van der Waals surface area contributed by atoms with Gasteiger partial charge in [-0.25, -0.2) is 0 Å². The Balaban J connectivity index is 1.84. The van der Waals surface area contributed by atoms with Crippen LogP contribution < -0.4 is 15.8 Å². The lowest BCUT2D eigenvalue weighted by molar-refractivity contribution is -0.121. The summed E-state index contributed by atoms with van der Waals surface area (Å²) in [5, 5.41) is 2.97. The van der Waals surface area contributed by atoms with Crippen LogP contribution in [0.3, 0.4) is 0 Å². The van der Waals surface area contributed by atoms with Crippen LogP contribution in [-0.2, 0) is 4.79 Å². The van der Waals surface area contributed by atoms with Gasteiger partial charge in [0.25, 0.3) is 0 Å². The van der Waals surface area contributed by atoms with E-state index in [2.05, 4.69) is 17.3 Å². The molecule has 1 aromatic carbocycles. The number of benzene rings is 1. The maximum atomic E-state index is 12.2. The first-order valence-electron chi connectivity index (χ1n) is 7.11. The van der Waals surface area contributed by atoms with Crippen LogP contribution in [0.4, 0.5) is 5.69 Å². The number of likely N-dealkylation sites (tertiary alicyclic amines) is 1. The molecule has 0 bridgehead atoms. The molecule has 0 aromatic heterocycles. The van der Waals surface area contributed by atoms with Crippen LogP contribution in [0, 0.1) is 5.92 Å². The average Bonchev–Trinajstić information content (AvgIpc) is 2.47. The third kappa shape index (κ3) is 4.21. The molecule has 1 aliphatic rings. The normalized spacial score (nSPS) is 16.9. The van der Waals surface area contributed by atoms with Gasteiger partial charge in [0.15, 0.2) is 0 Å². The number of rotatable bonds is 5. The minimum atomic E-state index is 0.119. The van der Waals surface area contributed by atoms with Gasteiger partial charge >= 0.3 is 0 Å². The van der Waals surface area contributed by atoms with Gasteiger partial charge in [0.1, 0.15) is 12.4 Å². The molecule has 1 saturated heterocycles. The van der Waals surface area contributed by atoms with Crippen LogP contribution in [0.2, 0.25) is 0 Å². The predicted octanol–water partition coefficient (Wildman–Crippen LogP) is 1.30. The largest absolute Gasteiger partial charge is 0.492 e. The molecule has 2 rings (SSSR count). The van der Waals surface area contributed by atoms with Crippen molar-refractivity contribution in [3.05, 3.63) is 24.3 Å². The number of nitrogens with two attached hydrogens (primary N) is 1. The van der Waals surface area contributed by atoms with Crippen molar-refractivity contribution < 1.29 is 9.53 Å². The van der Waals surface area contributed by atoms with E-state index in [1.807, 2.05) is 24.3 Å². The molecule has 0 unspecified atom stereocenters. The van der Waals surface area contributed by atoms with Crippen molar-refractivity contribution in [2.45, 2.75) is 12.8 Å². The minimum absolute atomic E-state index is 0.119. The lowest BCUT2D eigenvalue weighted by Crippen LogP contribution is -2.35. The van der Waals surface area contributed by atoms with Crippen LogP contribution in [0.5, 0.6) is 5.75 Å². The number of carbonyl (C=O) groups is 1. The monoisotopic (exact) mass is 277 g/mol. The van der Waals surface area contributed by atoms with Crippen LogP contribution in [0.15, 0.2) is 24.3 Å². The maximum absolute atomic E-state index is 12.2. The Hall–Kier alpha value is -1.59. The molecule has 5 heteroatoms.